The molecule has 1 aliphatic heterocycles. The summed E-state index contributed by atoms with van der Waals surface area (Å²) in [6, 6.07) is 5.63. The maximum absolute atomic E-state index is 11.8. The molecule has 0 bridgehead atoms. The molecule has 1 unspecified atom stereocenters. The first-order valence-electron chi connectivity index (χ1n) is 5.77. The summed E-state index contributed by atoms with van der Waals surface area (Å²) in [5, 5.41) is 9.31. The standard InChI is InChI=1S/C13H17NO3/c1-9-3-4-11(7-10(9)2)14-12(8-15)5-6-17-13(14)16/h3-4,7,12,15H,5-6,8H2,1-2H3. The molecule has 0 aliphatic carbocycles. The second-order valence-electron chi connectivity index (χ2n) is 4.38. The van der Waals surface area contributed by atoms with Gasteiger partial charge in [0.1, 0.15) is 0 Å². The molecular weight excluding hydrogens is 218 g/mol. The second-order valence-corrected chi connectivity index (χ2v) is 4.38. The normalized spacial score (nSPS) is 20.3. The summed E-state index contributed by atoms with van der Waals surface area (Å²) < 4.78 is 5.02. The topological polar surface area (TPSA) is 49.8 Å². The van der Waals surface area contributed by atoms with Crippen molar-refractivity contribution >= 4 is 11.8 Å². The quantitative estimate of drug-likeness (QED) is 0.853. The number of hydrogen-bond acceptors (Lipinski definition) is 3. The Balaban J connectivity index is 2.34. The summed E-state index contributed by atoms with van der Waals surface area (Å²) in [6.45, 7) is 4.37. The van der Waals surface area contributed by atoms with E-state index >= 15 is 0 Å². The molecule has 1 aliphatic rings. The summed E-state index contributed by atoms with van der Waals surface area (Å²) in [5.41, 5.74) is 3.09. The number of carbonyl (C=O) groups excluding carboxylic acids is 1. The molecule has 0 aromatic heterocycles. The van der Waals surface area contributed by atoms with Crippen molar-refractivity contribution in [1.29, 1.82) is 0 Å². The number of cyclic esters (lactones) is 1. The van der Waals surface area contributed by atoms with Gasteiger partial charge >= 0.3 is 6.09 Å². The molecule has 17 heavy (non-hydrogen) atoms. The number of ether oxygens (including phenoxy) is 1. The zero-order chi connectivity index (χ0) is 12.4. The van der Waals surface area contributed by atoms with Crippen molar-refractivity contribution in [3.8, 4) is 0 Å². The summed E-state index contributed by atoms with van der Waals surface area (Å²) in [7, 11) is 0. The van der Waals surface area contributed by atoms with Gasteiger partial charge in [-0.15, -0.1) is 0 Å². The highest BCUT2D eigenvalue weighted by Crippen LogP contribution is 2.25. The van der Waals surface area contributed by atoms with Gasteiger partial charge in [-0.25, -0.2) is 4.79 Å². The average Bonchev–Trinajstić information content (AvgIpc) is 2.32. The lowest BCUT2D eigenvalue weighted by molar-refractivity contribution is 0.116. The molecule has 92 valence electrons. The molecule has 1 N–H and O–H groups in total. The van der Waals surface area contributed by atoms with E-state index in [0.29, 0.717) is 13.0 Å². The van der Waals surface area contributed by atoms with E-state index in [1.54, 1.807) is 0 Å². The molecule has 2 rings (SSSR count). The third-order valence-corrected chi connectivity index (χ3v) is 3.22. The first kappa shape index (κ1) is 11.9. The molecule has 1 aromatic rings. The van der Waals surface area contributed by atoms with Gasteiger partial charge in [-0.05, 0) is 37.1 Å². The third-order valence-electron chi connectivity index (χ3n) is 3.22. The van der Waals surface area contributed by atoms with Crippen molar-refractivity contribution < 1.29 is 14.6 Å². The first-order valence-corrected chi connectivity index (χ1v) is 5.77. The van der Waals surface area contributed by atoms with Crippen LogP contribution in [-0.4, -0.2) is 30.5 Å². The molecule has 4 heteroatoms. The lowest BCUT2D eigenvalue weighted by atomic mass is 10.1. The molecule has 1 heterocycles. The van der Waals surface area contributed by atoms with Gasteiger partial charge in [0.05, 0.1) is 19.3 Å². The molecule has 0 spiro atoms. The Bertz CT molecular complexity index is 431. The predicted molar refractivity (Wildman–Crippen MR) is 65.2 cm³/mol. The van der Waals surface area contributed by atoms with Crippen LogP contribution >= 0.6 is 0 Å². The van der Waals surface area contributed by atoms with Crippen LogP contribution < -0.4 is 4.90 Å². The van der Waals surface area contributed by atoms with Crippen molar-refractivity contribution in [2.45, 2.75) is 26.3 Å². The number of aliphatic hydroxyl groups is 1. The number of anilines is 1. The fourth-order valence-electron chi connectivity index (χ4n) is 1.99. The van der Waals surface area contributed by atoms with E-state index < -0.39 is 0 Å². The Morgan fingerprint density at radius 1 is 1.41 bits per heavy atom. The molecule has 0 saturated carbocycles. The van der Waals surface area contributed by atoms with E-state index in [1.165, 1.54) is 10.5 Å². The highest BCUT2D eigenvalue weighted by molar-refractivity contribution is 5.89. The Morgan fingerprint density at radius 3 is 2.82 bits per heavy atom. The number of carbonyl (C=O) groups is 1. The minimum absolute atomic E-state index is 0.0397. The summed E-state index contributed by atoms with van der Waals surface area (Å²) in [5.74, 6) is 0. The number of amides is 1. The van der Waals surface area contributed by atoms with E-state index in [2.05, 4.69) is 0 Å². The van der Waals surface area contributed by atoms with Crippen molar-refractivity contribution in [3.63, 3.8) is 0 Å². The number of aryl methyl sites for hydroxylation is 2. The first-order chi connectivity index (χ1) is 8.13. The number of rotatable bonds is 2. The van der Waals surface area contributed by atoms with Gasteiger partial charge in [-0.1, -0.05) is 6.07 Å². The van der Waals surface area contributed by atoms with Crippen LogP contribution in [-0.2, 0) is 4.74 Å². The highest BCUT2D eigenvalue weighted by atomic mass is 16.6. The van der Waals surface area contributed by atoms with Crippen LogP contribution in [0.5, 0.6) is 0 Å². The van der Waals surface area contributed by atoms with Crippen LogP contribution in [0.1, 0.15) is 17.5 Å². The minimum atomic E-state index is -0.376. The van der Waals surface area contributed by atoms with Crippen LogP contribution in [0.25, 0.3) is 0 Å². The van der Waals surface area contributed by atoms with Gasteiger partial charge in [-0.3, -0.25) is 4.90 Å². The van der Waals surface area contributed by atoms with Crippen molar-refractivity contribution in [2.75, 3.05) is 18.1 Å². The summed E-state index contributed by atoms with van der Waals surface area (Å²) in [4.78, 5) is 13.3. The van der Waals surface area contributed by atoms with Gasteiger partial charge in [-0.2, -0.15) is 0 Å². The molecule has 1 saturated heterocycles. The van der Waals surface area contributed by atoms with E-state index in [-0.39, 0.29) is 18.7 Å². The van der Waals surface area contributed by atoms with Crippen molar-refractivity contribution in [1.82, 2.24) is 0 Å². The number of aliphatic hydroxyl groups excluding tert-OH is 1. The van der Waals surface area contributed by atoms with Crippen LogP contribution in [0.3, 0.4) is 0 Å². The predicted octanol–water partition coefficient (Wildman–Crippen LogP) is 2.01. The van der Waals surface area contributed by atoms with Gasteiger partial charge in [0.15, 0.2) is 0 Å². The van der Waals surface area contributed by atoms with E-state index in [1.807, 2.05) is 32.0 Å². The number of hydrogen-bond donors (Lipinski definition) is 1. The van der Waals surface area contributed by atoms with E-state index in [9.17, 15) is 9.90 Å². The average molecular weight is 235 g/mol. The zero-order valence-electron chi connectivity index (χ0n) is 10.1. The van der Waals surface area contributed by atoms with Gasteiger partial charge in [0.2, 0.25) is 0 Å². The molecule has 1 aromatic carbocycles. The molecular formula is C13H17NO3. The SMILES string of the molecule is Cc1ccc(N2C(=O)OCCC2CO)cc1C. The Labute approximate surface area is 101 Å². The monoisotopic (exact) mass is 235 g/mol. The van der Waals surface area contributed by atoms with Crippen LogP contribution in [0.4, 0.5) is 10.5 Å². The van der Waals surface area contributed by atoms with E-state index in [4.69, 9.17) is 4.74 Å². The maximum Gasteiger partial charge on any atom is 0.414 e. The minimum Gasteiger partial charge on any atom is -0.449 e. The summed E-state index contributed by atoms with van der Waals surface area (Å²) >= 11 is 0. The van der Waals surface area contributed by atoms with Crippen LogP contribution in [0.15, 0.2) is 18.2 Å². The zero-order valence-corrected chi connectivity index (χ0v) is 10.1. The van der Waals surface area contributed by atoms with Gasteiger partial charge < -0.3 is 9.84 Å². The lowest BCUT2D eigenvalue weighted by Gasteiger charge is -2.34. The van der Waals surface area contributed by atoms with Crippen molar-refractivity contribution in [2.24, 2.45) is 0 Å². The molecule has 0 radical (unpaired) electrons. The van der Waals surface area contributed by atoms with Crippen LogP contribution in [0, 0.1) is 13.8 Å². The Kier molecular flexibility index (Phi) is 3.33. The highest BCUT2D eigenvalue weighted by Gasteiger charge is 2.30. The second kappa shape index (κ2) is 4.75. The molecule has 1 atom stereocenters. The van der Waals surface area contributed by atoms with Crippen molar-refractivity contribution in [3.05, 3.63) is 29.3 Å². The molecule has 4 nitrogen and oxygen atoms in total. The third kappa shape index (κ3) is 2.26. The molecule has 1 amide bonds. The number of nitrogens with zero attached hydrogens (tertiary/aromatic N) is 1. The Hall–Kier alpha value is -1.55. The Morgan fingerprint density at radius 2 is 2.18 bits per heavy atom. The largest absolute Gasteiger partial charge is 0.449 e. The van der Waals surface area contributed by atoms with Gasteiger partial charge in [0, 0.05) is 12.1 Å². The van der Waals surface area contributed by atoms with E-state index in [0.717, 1.165) is 11.3 Å². The smallest absolute Gasteiger partial charge is 0.414 e. The fraction of sp³-hybridized carbons (Fsp3) is 0.462. The number of benzene rings is 1. The van der Waals surface area contributed by atoms with Crippen LogP contribution in [0.2, 0.25) is 0 Å². The lowest BCUT2D eigenvalue weighted by Crippen LogP contribution is -2.47. The maximum atomic E-state index is 11.8. The fourth-order valence-corrected chi connectivity index (χ4v) is 1.99. The molecule has 1 fully saturated rings. The summed E-state index contributed by atoms with van der Waals surface area (Å²) in [6.07, 6.45) is 0.286. The van der Waals surface area contributed by atoms with Gasteiger partial charge in [0.25, 0.3) is 0 Å².